The number of nitrogens with zero attached hydrogens (tertiary/aromatic N) is 1. The van der Waals surface area contributed by atoms with Gasteiger partial charge in [-0.15, -0.1) is 0 Å². The molecule has 8 heteroatoms. The molecule has 8 nitrogen and oxygen atoms in total. The summed E-state index contributed by atoms with van der Waals surface area (Å²) in [6.07, 6.45) is 0.607. The minimum atomic E-state index is -0.486. The standard InChI is InChI=1S/C17H24N2O6/c1-18-15(20)11-19(2)16(21)12-25-17(22)5-4-10-24-14-8-6-13(23-3)7-9-14/h6-9H,4-5,10-12H2,1-3H3,(H,18,20). The van der Waals surface area contributed by atoms with Gasteiger partial charge in [0.25, 0.3) is 5.91 Å². The summed E-state index contributed by atoms with van der Waals surface area (Å²) in [4.78, 5) is 35.7. The molecule has 0 spiro atoms. The van der Waals surface area contributed by atoms with E-state index in [0.717, 1.165) is 5.75 Å². The summed E-state index contributed by atoms with van der Waals surface area (Å²) in [5.41, 5.74) is 0. The number of likely N-dealkylation sites (N-methyl/N-ethyl adjacent to an activating group) is 2. The molecule has 1 aromatic rings. The topological polar surface area (TPSA) is 94.2 Å². The molecule has 0 unspecified atom stereocenters. The molecular formula is C17H24N2O6. The molecule has 0 saturated heterocycles. The Balaban J connectivity index is 2.17. The number of amides is 2. The molecule has 0 heterocycles. The van der Waals surface area contributed by atoms with Gasteiger partial charge in [-0.25, -0.2) is 0 Å². The number of esters is 1. The summed E-state index contributed by atoms with van der Waals surface area (Å²) in [5, 5.41) is 2.41. The average Bonchev–Trinajstić information content (AvgIpc) is 2.63. The number of methoxy groups -OCH3 is 1. The van der Waals surface area contributed by atoms with Crippen molar-refractivity contribution in [2.24, 2.45) is 0 Å². The number of carbonyl (C=O) groups is 3. The molecule has 0 aliphatic heterocycles. The second-order valence-electron chi connectivity index (χ2n) is 5.21. The van der Waals surface area contributed by atoms with Crippen molar-refractivity contribution in [2.45, 2.75) is 12.8 Å². The Morgan fingerprint density at radius 2 is 1.76 bits per heavy atom. The minimum Gasteiger partial charge on any atom is -0.497 e. The van der Waals surface area contributed by atoms with Crippen LogP contribution < -0.4 is 14.8 Å². The van der Waals surface area contributed by atoms with Gasteiger partial charge in [-0.05, 0) is 30.7 Å². The number of hydrogen-bond acceptors (Lipinski definition) is 6. The van der Waals surface area contributed by atoms with Crippen LogP contribution in [0.4, 0.5) is 0 Å². The van der Waals surface area contributed by atoms with Crippen LogP contribution in [0.2, 0.25) is 0 Å². The Hall–Kier alpha value is -2.77. The number of carbonyl (C=O) groups excluding carboxylic acids is 3. The van der Waals surface area contributed by atoms with Crippen molar-refractivity contribution in [3.63, 3.8) is 0 Å². The lowest BCUT2D eigenvalue weighted by Gasteiger charge is -2.15. The molecular weight excluding hydrogens is 328 g/mol. The van der Waals surface area contributed by atoms with Crippen molar-refractivity contribution >= 4 is 17.8 Å². The molecule has 0 aliphatic carbocycles. The molecule has 25 heavy (non-hydrogen) atoms. The molecule has 0 saturated carbocycles. The predicted octanol–water partition coefficient (Wildman–Crippen LogP) is 0.602. The third-order valence-electron chi connectivity index (χ3n) is 3.30. The van der Waals surface area contributed by atoms with Crippen LogP contribution in [0, 0.1) is 0 Å². The van der Waals surface area contributed by atoms with Gasteiger partial charge in [-0.2, -0.15) is 0 Å². The maximum atomic E-state index is 11.7. The van der Waals surface area contributed by atoms with E-state index in [4.69, 9.17) is 14.2 Å². The highest BCUT2D eigenvalue weighted by Crippen LogP contribution is 2.17. The third kappa shape index (κ3) is 8.05. The maximum Gasteiger partial charge on any atom is 0.306 e. The van der Waals surface area contributed by atoms with Gasteiger partial charge in [0.05, 0.1) is 20.3 Å². The van der Waals surface area contributed by atoms with Gasteiger partial charge in [0.1, 0.15) is 11.5 Å². The molecule has 138 valence electrons. The first-order chi connectivity index (χ1) is 12.0. The van der Waals surface area contributed by atoms with E-state index in [-0.39, 0.29) is 25.5 Å². The fraction of sp³-hybridized carbons (Fsp3) is 0.471. The molecule has 0 bridgehead atoms. The summed E-state index contributed by atoms with van der Waals surface area (Å²) in [6, 6.07) is 7.12. The highest BCUT2D eigenvalue weighted by Gasteiger charge is 2.14. The lowest BCUT2D eigenvalue weighted by atomic mass is 10.3. The van der Waals surface area contributed by atoms with E-state index in [0.29, 0.717) is 18.8 Å². The molecule has 2 amide bonds. The fourth-order valence-electron chi connectivity index (χ4n) is 1.79. The smallest absolute Gasteiger partial charge is 0.306 e. The minimum absolute atomic E-state index is 0.0808. The summed E-state index contributed by atoms with van der Waals surface area (Å²) < 4.78 is 15.4. The molecule has 1 rings (SSSR count). The van der Waals surface area contributed by atoms with E-state index in [1.165, 1.54) is 19.0 Å². The maximum absolute atomic E-state index is 11.7. The van der Waals surface area contributed by atoms with E-state index in [1.807, 2.05) is 0 Å². The first kappa shape index (κ1) is 20.3. The van der Waals surface area contributed by atoms with Crippen LogP contribution in [0.1, 0.15) is 12.8 Å². The van der Waals surface area contributed by atoms with Crippen molar-refractivity contribution in [3.05, 3.63) is 24.3 Å². The lowest BCUT2D eigenvalue weighted by Crippen LogP contribution is -2.39. The van der Waals surface area contributed by atoms with Gasteiger partial charge in [0.2, 0.25) is 5.91 Å². The predicted molar refractivity (Wildman–Crippen MR) is 90.4 cm³/mol. The largest absolute Gasteiger partial charge is 0.497 e. The summed E-state index contributed by atoms with van der Waals surface area (Å²) in [6.45, 7) is -0.111. The lowest BCUT2D eigenvalue weighted by molar-refractivity contribution is -0.152. The van der Waals surface area contributed by atoms with Crippen LogP contribution in [-0.2, 0) is 19.1 Å². The molecule has 1 aromatic carbocycles. The zero-order chi connectivity index (χ0) is 18.7. The van der Waals surface area contributed by atoms with Gasteiger partial charge in [0, 0.05) is 20.5 Å². The number of ether oxygens (including phenoxy) is 3. The van der Waals surface area contributed by atoms with Crippen LogP contribution in [0.25, 0.3) is 0 Å². The van der Waals surface area contributed by atoms with Crippen LogP contribution >= 0.6 is 0 Å². The van der Waals surface area contributed by atoms with E-state index in [1.54, 1.807) is 31.4 Å². The van der Waals surface area contributed by atoms with Crippen molar-refractivity contribution < 1.29 is 28.6 Å². The quantitative estimate of drug-likeness (QED) is 0.490. The van der Waals surface area contributed by atoms with Crippen LogP contribution in [0.3, 0.4) is 0 Å². The number of nitrogens with one attached hydrogen (secondary N) is 1. The first-order valence-corrected chi connectivity index (χ1v) is 7.83. The van der Waals surface area contributed by atoms with Gasteiger partial charge in [0.15, 0.2) is 6.61 Å². The second-order valence-corrected chi connectivity index (χ2v) is 5.21. The number of benzene rings is 1. The molecule has 0 radical (unpaired) electrons. The zero-order valence-corrected chi connectivity index (χ0v) is 14.7. The first-order valence-electron chi connectivity index (χ1n) is 7.83. The van der Waals surface area contributed by atoms with Gasteiger partial charge >= 0.3 is 5.97 Å². The molecule has 1 N–H and O–H groups in total. The van der Waals surface area contributed by atoms with Gasteiger partial charge in [-0.1, -0.05) is 0 Å². The SMILES string of the molecule is CNC(=O)CN(C)C(=O)COC(=O)CCCOc1ccc(OC)cc1. The Labute approximate surface area is 147 Å². The third-order valence-corrected chi connectivity index (χ3v) is 3.30. The number of rotatable bonds is 10. The highest BCUT2D eigenvalue weighted by molar-refractivity contribution is 5.86. The van der Waals surface area contributed by atoms with Crippen molar-refractivity contribution in [1.82, 2.24) is 10.2 Å². The van der Waals surface area contributed by atoms with Crippen LogP contribution in [-0.4, -0.2) is 63.6 Å². The van der Waals surface area contributed by atoms with E-state index >= 15 is 0 Å². The molecule has 0 atom stereocenters. The van der Waals surface area contributed by atoms with Gasteiger partial charge in [-0.3, -0.25) is 14.4 Å². The van der Waals surface area contributed by atoms with Gasteiger partial charge < -0.3 is 24.4 Å². The van der Waals surface area contributed by atoms with E-state index in [2.05, 4.69) is 5.32 Å². The van der Waals surface area contributed by atoms with Crippen LogP contribution in [0.5, 0.6) is 11.5 Å². The summed E-state index contributed by atoms with van der Waals surface area (Å²) in [5.74, 6) is 0.200. The van der Waals surface area contributed by atoms with Crippen molar-refractivity contribution in [3.8, 4) is 11.5 Å². The van der Waals surface area contributed by atoms with Crippen molar-refractivity contribution in [1.29, 1.82) is 0 Å². The molecule has 0 fully saturated rings. The summed E-state index contributed by atoms with van der Waals surface area (Å²) in [7, 11) is 4.53. The Morgan fingerprint density at radius 1 is 1.12 bits per heavy atom. The fourth-order valence-corrected chi connectivity index (χ4v) is 1.79. The van der Waals surface area contributed by atoms with E-state index in [9.17, 15) is 14.4 Å². The van der Waals surface area contributed by atoms with Crippen LogP contribution in [0.15, 0.2) is 24.3 Å². The highest BCUT2D eigenvalue weighted by atomic mass is 16.5. The normalized spacial score (nSPS) is 9.88. The zero-order valence-electron chi connectivity index (χ0n) is 14.7. The Morgan fingerprint density at radius 3 is 2.36 bits per heavy atom. The number of hydrogen-bond donors (Lipinski definition) is 1. The average molecular weight is 352 g/mol. The summed E-state index contributed by atoms with van der Waals surface area (Å²) >= 11 is 0. The van der Waals surface area contributed by atoms with Crippen molar-refractivity contribution in [2.75, 3.05) is 41.0 Å². The second kappa shape index (κ2) is 10.9. The Bertz CT molecular complexity index is 573. The Kier molecular flexibility index (Phi) is 8.84. The molecule has 0 aliphatic rings. The molecule has 0 aromatic heterocycles. The monoisotopic (exact) mass is 352 g/mol. The van der Waals surface area contributed by atoms with E-state index < -0.39 is 11.9 Å².